The van der Waals surface area contributed by atoms with E-state index >= 15 is 0 Å². The van der Waals surface area contributed by atoms with Crippen molar-refractivity contribution in [1.82, 2.24) is 9.97 Å². The summed E-state index contributed by atoms with van der Waals surface area (Å²) in [6.07, 6.45) is 1.52. The van der Waals surface area contributed by atoms with E-state index in [4.69, 9.17) is 4.74 Å². The van der Waals surface area contributed by atoms with Gasteiger partial charge in [-0.05, 0) is 25.8 Å². The second-order valence-electron chi connectivity index (χ2n) is 4.13. The van der Waals surface area contributed by atoms with Gasteiger partial charge in [-0.25, -0.2) is 4.98 Å². The molecule has 0 bridgehead atoms. The Bertz CT molecular complexity index is 601. The van der Waals surface area contributed by atoms with Gasteiger partial charge in [-0.3, -0.25) is 4.79 Å². The van der Waals surface area contributed by atoms with Crippen LogP contribution in [0.2, 0.25) is 0 Å². The summed E-state index contributed by atoms with van der Waals surface area (Å²) in [5, 5.41) is 0.764. The van der Waals surface area contributed by atoms with Gasteiger partial charge in [0.05, 0.1) is 12.0 Å². The van der Waals surface area contributed by atoms with Crippen LogP contribution in [0.5, 0.6) is 0 Å². The first-order chi connectivity index (χ1) is 8.67. The Kier molecular flexibility index (Phi) is 4.14. The lowest BCUT2D eigenvalue weighted by molar-refractivity contribution is 0.149. The number of hydrogen-bond acceptors (Lipinski definition) is 4. The fraction of sp³-hybridized carbons (Fsp3) is 0.538. The summed E-state index contributed by atoms with van der Waals surface area (Å²) in [5.74, 6) is 0.713. The minimum atomic E-state index is -0.0206. The van der Waals surface area contributed by atoms with Gasteiger partial charge >= 0.3 is 0 Å². The number of nitrogens with zero attached hydrogens (tertiary/aromatic N) is 1. The molecule has 0 saturated carbocycles. The highest BCUT2D eigenvalue weighted by atomic mass is 32.1. The number of aromatic amines is 1. The molecular formula is C13H18N2O2S. The highest BCUT2D eigenvalue weighted by Gasteiger charge is 2.13. The van der Waals surface area contributed by atoms with Crippen molar-refractivity contribution in [3.05, 3.63) is 26.6 Å². The summed E-state index contributed by atoms with van der Waals surface area (Å²) < 4.78 is 5.28. The van der Waals surface area contributed by atoms with Crippen LogP contribution in [-0.4, -0.2) is 23.2 Å². The molecule has 4 nitrogen and oxygen atoms in total. The fourth-order valence-corrected chi connectivity index (χ4v) is 3.21. The first-order valence-corrected chi connectivity index (χ1v) is 7.07. The molecule has 0 fully saturated rings. The highest BCUT2D eigenvalue weighted by Crippen LogP contribution is 2.27. The van der Waals surface area contributed by atoms with E-state index in [1.54, 1.807) is 11.3 Å². The van der Waals surface area contributed by atoms with Gasteiger partial charge in [0.25, 0.3) is 5.56 Å². The second kappa shape index (κ2) is 5.63. The molecule has 0 aliphatic carbocycles. The van der Waals surface area contributed by atoms with E-state index in [9.17, 15) is 4.79 Å². The summed E-state index contributed by atoms with van der Waals surface area (Å²) in [5.41, 5.74) is 1.10. The van der Waals surface area contributed by atoms with Gasteiger partial charge in [-0.15, -0.1) is 11.3 Å². The van der Waals surface area contributed by atoms with Gasteiger partial charge in [-0.1, -0.05) is 6.92 Å². The molecule has 1 N–H and O–H groups in total. The summed E-state index contributed by atoms with van der Waals surface area (Å²) in [4.78, 5) is 21.5. The molecule has 0 radical (unpaired) electrons. The molecule has 0 saturated heterocycles. The predicted octanol–water partition coefficient (Wildman–Crippen LogP) is 2.43. The van der Waals surface area contributed by atoms with Gasteiger partial charge in [0.1, 0.15) is 10.7 Å². The van der Waals surface area contributed by atoms with E-state index in [1.807, 2.05) is 13.8 Å². The quantitative estimate of drug-likeness (QED) is 0.846. The number of hydrogen-bond donors (Lipinski definition) is 1. The van der Waals surface area contributed by atoms with Gasteiger partial charge in [0, 0.05) is 17.9 Å². The van der Waals surface area contributed by atoms with Crippen molar-refractivity contribution in [3.8, 4) is 0 Å². The van der Waals surface area contributed by atoms with E-state index in [-0.39, 0.29) is 5.56 Å². The largest absolute Gasteiger partial charge is 0.381 e. The van der Waals surface area contributed by atoms with Gasteiger partial charge < -0.3 is 9.72 Å². The number of ether oxygens (including phenoxy) is 1. The third-order valence-electron chi connectivity index (χ3n) is 2.95. The SMILES string of the molecule is CCOCCc1nc2sc(C)c(CC)c2c(=O)[nH]1. The van der Waals surface area contributed by atoms with Crippen LogP contribution < -0.4 is 5.56 Å². The third kappa shape index (κ3) is 2.47. The zero-order chi connectivity index (χ0) is 13.1. The van der Waals surface area contributed by atoms with Crippen LogP contribution in [0.15, 0.2) is 4.79 Å². The maximum absolute atomic E-state index is 12.1. The average molecular weight is 266 g/mol. The Balaban J connectivity index is 2.41. The molecule has 0 amide bonds. The number of fused-ring (bicyclic) bond motifs is 1. The average Bonchev–Trinajstić information content (AvgIpc) is 2.65. The van der Waals surface area contributed by atoms with Crippen molar-refractivity contribution in [2.45, 2.75) is 33.6 Å². The molecule has 18 heavy (non-hydrogen) atoms. The summed E-state index contributed by atoms with van der Waals surface area (Å²) in [6.45, 7) is 7.34. The molecule has 2 aromatic heterocycles. The minimum Gasteiger partial charge on any atom is -0.381 e. The van der Waals surface area contributed by atoms with Crippen LogP contribution in [0, 0.1) is 6.92 Å². The molecule has 5 heteroatoms. The number of nitrogens with one attached hydrogen (secondary N) is 1. The molecule has 2 heterocycles. The van der Waals surface area contributed by atoms with E-state index in [2.05, 4.69) is 16.9 Å². The number of thiophene rings is 1. The minimum absolute atomic E-state index is 0.0206. The van der Waals surface area contributed by atoms with E-state index in [0.717, 1.165) is 22.2 Å². The zero-order valence-corrected chi connectivity index (χ0v) is 11.8. The molecule has 0 spiro atoms. The van der Waals surface area contributed by atoms with Gasteiger partial charge in [0.2, 0.25) is 0 Å². The number of rotatable bonds is 5. The van der Waals surface area contributed by atoms with Crippen LogP contribution in [-0.2, 0) is 17.6 Å². The number of aromatic nitrogens is 2. The Morgan fingerprint density at radius 1 is 1.39 bits per heavy atom. The predicted molar refractivity (Wildman–Crippen MR) is 74.6 cm³/mol. The molecule has 0 atom stereocenters. The zero-order valence-electron chi connectivity index (χ0n) is 11.0. The standard InChI is InChI=1S/C13H18N2O2S/c1-4-9-8(3)18-13-11(9)12(16)14-10(15-13)6-7-17-5-2/h4-7H2,1-3H3,(H,14,15,16). The first kappa shape index (κ1) is 13.2. The van der Waals surface area contributed by atoms with Crippen molar-refractivity contribution >= 4 is 21.6 Å². The Hall–Kier alpha value is -1.20. The molecule has 0 unspecified atom stereocenters. The van der Waals surface area contributed by atoms with Crippen LogP contribution in [0.1, 0.15) is 30.1 Å². The summed E-state index contributed by atoms with van der Waals surface area (Å²) in [7, 11) is 0. The lowest BCUT2D eigenvalue weighted by Crippen LogP contribution is -2.13. The van der Waals surface area contributed by atoms with Crippen LogP contribution in [0.4, 0.5) is 0 Å². The van der Waals surface area contributed by atoms with Crippen molar-refractivity contribution in [2.75, 3.05) is 13.2 Å². The molecule has 2 aromatic rings. The normalized spacial score (nSPS) is 11.3. The van der Waals surface area contributed by atoms with E-state index < -0.39 is 0 Å². The molecule has 0 aliphatic heterocycles. The van der Waals surface area contributed by atoms with Gasteiger partial charge in [-0.2, -0.15) is 0 Å². The Morgan fingerprint density at radius 2 is 2.17 bits per heavy atom. The Morgan fingerprint density at radius 3 is 2.83 bits per heavy atom. The topological polar surface area (TPSA) is 55.0 Å². The van der Waals surface area contributed by atoms with E-state index in [1.165, 1.54) is 4.88 Å². The number of aryl methyl sites for hydroxylation is 2. The molecule has 0 aliphatic rings. The van der Waals surface area contributed by atoms with Crippen molar-refractivity contribution < 1.29 is 4.74 Å². The maximum Gasteiger partial charge on any atom is 0.259 e. The van der Waals surface area contributed by atoms with Crippen LogP contribution >= 0.6 is 11.3 Å². The molecular weight excluding hydrogens is 248 g/mol. The first-order valence-electron chi connectivity index (χ1n) is 6.26. The summed E-state index contributed by atoms with van der Waals surface area (Å²) in [6, 6.07) is 0. The monoisotopic (exact) mass is 266 g/mol. The Labute approximate surface area is 110 Å². The van der Waals surface area contributed by atoms with E-state index in [0.29, 0.717) is 25.5 Å². The van der Waals surface area contributed by atoms with Gasteiger partial charge in [0.15, 0.2) is 0 Å². The third-order valence-corrected chi connectivity index (χ3v) is 3.99. The fourth-order valence-electron chi connectivity index (χ4n) is 2.08. The number of H-pyrrole nitrogens is 1. The van der Waals surface area contributed by atoms with Crippen LogP contribution in [0.3, 0.4) is 0 Å². The molecule has 0 aromatic carbocycles. The smallest absolute Gasteiger partial charge is 0.259 e. The maximum atomic E-state index is 12.1. The van der Waals surface area contributed by atoms with Crippen molar-refractivity contribution in [3.63, 3.8) is 0 Å². The van der Waals surface area contributed by atoms with Crippen LogP contribution in [0.25, 0.3) is 10.2 Å². The second-order valence-corrected chi connectivity index (χ2v) is 5.33. The molecule has 2 rings (SSSR count). The highest BCUT2D eigenvalue weighted by molar-refractivity contribution is 7.18. The summed E-state index contributed by atoms with van der Waals surface area (Å²) >= 11 is 1.60. The lowest BCUT2D eigenvalue weighted by Gasteiger charge is -2.01. The van der Waals surface area contributed by atoms with Crippen molar-refractivity contribution in [1.29, 1.82) is 0 Å². The molecule has 98 valence electrons. The lowest BCUT2D eigenvalue weighted by atomic mass is 10.1. The van der Waals surface area contributed by atoms with Crippen molar-refractivity contribution in [2.24, 2.45) is 0 Å².